The summed E-state index contributed by atoms with van der Waals surface area (Å²) >= 11 is 5.49. The van der Waals surface area contributed by atoms with Crippen molar-refractivity contribution in [2.24, 2.45) is 5.92 Å². The van der Waals surface area contributed by atoms with Crippen molar-refractivity contribution in [3.63, 3.8) is 0 Å². The molecule has 0 unspecified atom stereocenters. The van der Waals surface area contributed by atoms with Gasteiger partial charge in [-0.05, 0) is 12.1 Å². The van der Waals surface area contributed by atoms with Crippen molar-refractivity contribution in [3.8, 4) is 0 Å². The first-order valence-electron chi connectivity index (χ1n) is 5.60. The highest BCUT2D eigenvalue weighted by molar-refractivity contribution is 7.89. The number of nitrogens with zero attached hydrogens (tertiary/aromatic N) is 1. The lowest BCUT2D eigenvalue weighted by Gasteiger charge is -2.36. The lowest BCUT2D eigenvalue weighted by Crippen LogP contribution is -2.51. The molecule has 1 saturated heterocycles. The lowest BCUT2D eigenvalue weighted by molar-refractivity contribution is 0.0696. The molecule has 0 radical (unpaired) electrons. The summed E-state index contributed by atoms with van der Waals surface area (Å²) < 4.78 is 38.9. The highest BCUT2D eigenvalue weighted by atomic mass is 35.5. The van der Waals surface area contributed by atoms with E-state index in [0.29, 0.717) is 6.07 Å². The van der Waals surface area contributed by atoms with Crippen LogP contribution in [0.4, 0.5) is 4.39 Å². The van der Waals surface area contributed by atoms with Crippen molar-refractivity contribution >= 4 is 27.6 Å². The molecule has 6 nitrogen and oxygen atoms in total. The van der Waals surface area contributed by atoms with E-state index in [2.05, 4.69) is 0 Å². The summed E-state index contributed by atoms with van der Waals surface area (Å²) in [5, 5.41) is 17.1. The number of aliphatic hydroxyl groups excluding tert-OH is 1. The van der Waals surface area contributed by atoms with Gasteiger partial charge in [-0.15, -0.1) is 0 Å². The van der Waals surface area contributed by atoms with Gasteiger partial charge in [0.2, 0.25) is 10.0 Å². The first-order chi connectivity index (χ1) is 9.27. The molecule has 1 aromatic rings. The molecule has 0 aromatic heterocycles. The molecule has 0 atom stereocenters. The Labute approximate surface area is 119 Å². The molecule has 2 rings (SSSR count). The zero-order valence-corrected chi connectivity index (χ0v) is 11.7. The second-order valence-electron chi connectivity index (χ2n) is 4.44. The van der Waals surface area contributed by atoms with Gasteiger partial charge in [0, 0.05) is 25.6 Å². The van der Waals surface area contributed by atoms with Gasteiger partial charge < -0.3 is 10.2 Å². The monoisotopic (exact) mass is 323 g/mol. The number of carboxylic acids is 1. The Morgan fingerprint density at radius 2 is 2.05 bits per heavy atom. The number of sulfonamides is 1. The van der Waals surface area contributed by atoms with Crippen molar-refractivity contribution in [2.45, 2.75) is 4.90 Å². The maximum atomic E-state index is 13.5. The number of hydrogen-bond donors (Lipinski definition) is 2. The van der Waals surface area contributed by atoms with E-state index >= 15 is 0 Å². The summed E-state index contributed by atoms with van der Waals surface area (Å²) in [5.74, 6) is -2.77. The van der Waals surface area contributed by atoms with Gasteiger partial charge in [0.25, 0.3) is 0 Å². The zero-order valence-electron chi connectivity index (χ0n) is 10.1. The minimum absolute atomic E-state index is 0.117. The van der Waals surface area contributed by atoms with Crippen LogP contribution in [0.2, 0.25) is 5.02 Å². The molecule has 1 fully saturated rings. The Morgan fingerprint density at radius 3 is 2.55 bits per heavy atom. The van der Waals surface area contributed by atoms with Gasteiger partial charge in [-0.2, -0.15) is 4.31 Å². The molecule has 0 saturated carbocycles. The SMILES string of the molecule is O=C(O)c1cc(S(=O)(=O)N2CC(CO)C2)cc(F)c1Cl. The predicted octanol–water partition coefficient (Wildman–Crippen LogP) is 0.790. The normalized spacial score (nSPS) is 16.9. The number of hydrogen-bond acceptors (Lipinski definition) is 4. The van der Waals surface area contributed by atoms with Crippen LogP contribution < -0.4 is 0 Å². The van der Waals surface area contributed by atoms with Gasteiger partial charge >= 0.3 is 5.97 Å². The fourth-order valence-electron chi connectivity index (χ4n) is 1.85. The molecule has 2 N–H and O–H groups in total. The van der Waals surface area contributed by atoms with Gasteiger partial charge in [0.05, 0.1) is 15.5 Å². The van der Waals surface area contributed by atoms with Crippen molar-refractivity contribution < 1.29 is 27.8 Å². The Bertz CT molecular complexity index is 657. The molecule has 1 aliphatic heterocycles. The second kappa shape index (κ2) is 5.28. The molecule has 0 bridgehead atoms. The number of rotatable bonds is 4. The molecule has 0 spiro atoms. The van der Waals surface area contributed by atoms with Crippen LogP contribution in [-0.4, -0.2) is 48.6 Å². The molecule has 1 heterocycles. The van der Waals surface area contributed by atoms with Crippen LogP contribution >= 0.6 is 11.6 Å². The van der Waals surface area contributed by atoms with E-state index in [0.717, 1.165) is 10.4 Å². The third-order valence-corrected chi connectivity index (χ3v) is 5.25. The van der Waals surface area contributed by atoms with E-state index in [1.165, 1.54) is 0 Å². The quantitative estimate of drug-likeness (QED) is 0.854. The number of carboxylic acid groups (broad SMARTS) is 1. The standard InChI is InChI=1S/C11H11ClFNO5S/c12-10-8(11(16)17)1-7(2-9(10)13)20(18,19)14-3-6(4-14)5-15/h1-2,6,15H,3-5H2,(H,16,17). The fraction of sp³-hybridized carbons (Fsp3) is 0.364. The predicted molar refractivity (Wildman–Crippen MR) is 67.7 cm³/mol. The number of halogens is 2. The summed E-state index contributed by atoms with van der Waals surface area (Å²) in [5.41, 5.74) is -0.607. The molecular formula is C11H11ClFNO5S. The maximum Gasteiger partial charge on any atom is 0.337 e. The Balaban J connectivity index is 2.41. The van der Waals surface area contributed by atoms with Crippen LogP contribution in [0.3, 0.4) is 0 Å². The van der Waals surface area contributed by atoms with Gasteiger partial charge in [0.15, 0.2) is 0 Å². The summed E-state index contributed by atoms with van der Waals surface area (Å²) in [6, 6.07) is 1.52. The summed E-state index contributed by atoms with van der Waals surface area (Å²) in [6.45, 7) is 0.0956. The summed E-state index contributed by atoms with van der Waals surface area (Å²) in [6.07, 6.45) is 0. The Morgan fingerprint density at radius 1 is 1.45 bits per heavy atom. The molecule has 9 heteroatoms. The summed E-state index contributed by atoms with van der Waals surface area (Å²) in [4.78, 5) is 10.4. The van der Waals surface area contributed by atoms with Crippen LogP contribution in [0, 0.1) is 11.7 Å². The molecule has 1 aromatic carbocycles. The van der Waals surface area contributed by atoms with Crippen LogP contribution in [0.1, 0.15) is 10.4 Å². The number of aliphatic hydroxyl groups is 1. The third kappa shape index (κ3) is 2.51. The van der Waals surface area contributed by atoms with E-state index in [9.17, 15) is 17.6 Å². The minimum atomic E-state index is -3.98. The van der Waals surface area contributed by atoms with Gasteiger partial charge in [0.1, 0.15) is 5.82 Å². The first-order valence-corrected chi connectivity index (χ1v) is 7.42. The van der Waals surface area contributed by atoms with E-state index in [-0.39, 0.29) is 25.6 Å². The lowest BCUT2D eigenvalue weighted by atomic mass is 10.1. The first kappa shape index (κ1) is 15.2. The molecule has 1 aliphatic rings. The molecular weight excluding hydrogens is 313 g/mol. The highest BCUT2D eigenvalue weighted by Crippen LogP contribution is 2.29. The van der Waals surface area contributed by atoms with Crippen LogP contribution in [0.15, 0.2) is 17.0 Å². The second-order valence-corrected chi connectivity index (χ2v) is 6.76. The van der Waals surface area contributed by atoms with E-state index < -0.39 is 37.3 Å². The van der Waals surface area contributed by atoms with E-state index in [4.69, 9.17) is 21.8 Å². The minimum Gasteiger partial charge on any atom is -0.478 e. The van der Waals surface area contributed by atoms with Gasteiger partial charge in [-0.3, -0.25) is 0 Å². The van der Waals surface area contributed by atoms with E-state index in [1.54, 1.807) is 0 Å². The van der Waals surface area contributed by atoms with Gasteiger partial charge in [-0.25, -0.2) is 17.6 Å². The highest BCUT2D eigenvalue weighted by Gasteiger charge is 2.37. The number of carbonyl (C=O) groups is 1. The summed E-state index contributed by atoms with van der Waals surface area (Å²) in [7, 11) is -3.98. The van der Waals surface area contributed by atoms with Crippen molar-refractivity contribution in [3.05, 3.63) is 28.5 Å². The molecule has 0 amide bonds. The van der Waals surface area contributed by atoms with Crippen LogP contribution in [0.5, 0.6) is 0 Å². The van der Waals surface area contributed by atoms with Crippen LogP contribution in [0.25, 0.3) is 0 Å². The van der Waals surface area contributed by atoms with Gasteiger partial charge in [-0.1, -0.05) is 11.6 Å². The van der Waals surface area contributed by atoms with Crippen molar-refractivity contribution in [2.75, 3.05) is 19.7 Å². The molecule has 20 heavy (non-hydrogen) atoms. The Kier molecular flexibility index (Phi) is 4.01. The van der Waals surface area contributed by atoms with E-state index in [1.807, 2.05) is 0 Å². The average molecular weight is 324 g/mol. The zero-order chi connectivity index (χ0) is 15.1. The average Bonchev–Trinajstić information content (AvgIpc) is 2.30. The fourth-order valence-corrected chi connectivity index (χ4v) is 3.67. The smallest absolute Gasteiger partial charge is 0.337 e. The number of benzene rings is 1. The largest absolute Gasteiger partial charge is 0.478 e. The topological polar surface area (TPSA) is 94.9 Å². The van der Waals surface area contributed by atoms with Crippen molar-refractivity contribution in [1.82, 2.24) is 4.31 Å². The van der Waals surface area contributed by atoms with Crippen molar-refractivity contribution in [1.29, 1.82) is 0 Å². The van der Waals surface area contributed by atoms with Crippen LogP contribution in [-0.2, 0) is 10.0 Å². The third-order valence-electron chi connectivity index (χ3n) is 3.05. The Hall–Kier alpha value is -1.22. The maximum absolute atomic E-state index is 13.5. The number of aromatic carboxylic acids is 1. The molecule has 110 valence electrons. The molecule has 0 aliphatic carbocycles.